The van der Waals surface area contributed by atoms with Crippen molar-refractivity contribution in [1.82, 2.24) is 4.90 Å². The van der Waals surface area contributed by atoms with Crippen LogP contribution in [0.15, 0.2) is 45.7 Å². The lowest BCUT2D eigenvalue weighted by atomic mass is 10.3. The zero-order chi connectivity index (χ0) is 15.2. The maximum absolute atomic E-state index is 12.1. The van der Waals surface area contributed by atoms with Gasteiger partial charge in [0, 0.05) is 4.90 Å². The first kappa shape index (κ1) is 15.7. The van der Waals surface area contributed by atoms with Gasteiger partial charge in [0.1, 0.15) is 11.5 Å². The maximum Gasteiger partial charge on any atom is 0.238 e. The van der Waals surface area contributed by atoms with Crippen molar-refractivity contribution in [3.8, 4) is 0 Å². The fourth-order valence-electron chi connectivity index (χ4n) is 2.07. The molecule has 1 aromatic heterocycles. The molecule has 1 N–H and O–H groups in total. The molecule has 0 bridgehead atoms. The number of nitrogens with one attached hydrogen (secondary N) is 1. The predicted molar refractivity (Wildman–Crippen MR) is 86.6 cm³/mol. The average molecular weight is 304 g/mol. The maximum atomic E-state index is 12.1. The molecule has 0 radical (unpaired) electrons. The minimum absolute atomic E-state index is 0.0257. The van der Waals surface area contributed by atoms with Crippen LogP contribution >= 0.6 is 11.8 Å². The number of benzene rings is 1. The number of hydrogen-bond acceptors (Lipinski definition) is 4. The van der Waals surface area contributed by atoms with Crippen molar-refractivity contribution in [3.05, 3.63) is 47.9 Å². The zero-order valence-electron chi connectivity index (χ0n) is 12.6. The second-order valence-corrected chi connectivity index (χ2v) is 5.78. The topological polar surface area (TPSA) is 45.5 Å². The van der Waals surface area contributed by atoms with Crippen molar-refractivity contribution in [2.75, 3.05) is 25.2 Å². The summed E-state index contributed by atoms with van der Waals surface area (Å²) in [6, 6.07) is 11.7. The second-order valence-electron chi connectivity index (χ2n) is 4.93. The van der Waals surface area contributed by atoms with Crippen LogP contribution < -0.4 is 5.32 Å². The number of hydrogen-bond donors (Lipinski definition) is 1. The summed E-state index contributed by atoms with van der Waals surface area (Å²) in [7, 11) is 1.90. The van der Waals surface area contributed by atoms with Crippen molar-refractivity contribution < 1.29 is 9.21 Å². The van der Waals surface area contributed by atoms with E-state index in [-0.39, 0.29) is 5.91 Å². The predicted octanol–water partition coefficient (Wildman–Crippen LogP) is 3.38. The van der Waals surface area contributed by atoms with Gasteiger partial charge in [-0.2, -0.15) is 0 Å². The summed E-state index contributed by atoms with van der Waals surface area (Å²) in [5.74, 6) is 1.73. The number of amides is 1. The molecule has 0 saturated carbocycles. The molecular formula is C16H20N2O2S. The number of thioether (sulfide) groups is 1. The summed E-state index contributed by atoms with van der Waals surface area (Å²) in [5.41, 5.74) is 0.859. The van der Waals surface area contributed by atoms with E-state index in [4.69, 9.17) is 4.42 Å². The number of likely N-dealkylation sites (N-methyl/N-ethyl adjacent to an activating group) is 1. The highest BCUT2D eigenvalue weighted by atomic mass is 32.2. The molecule has 1 aromatic carbocycles. The number of anilines is 1. The number of nitrogens with zero attached hydrogens (tertiary/aromatic N) is 1. The van der Waals surface area contributed by atoms with Crippen molar-refractivity contribution in [1.29, 1.82) is 0 Å². The lowest BCUT2D eigenvalue weighted by molar-refractivity contribution is -0.117. The van der Waals surface area contributed by atoms with Crippen LogP contribution in [-0.2, 0) is 11.3 Å². The molecule has 0 atom stereocenters. The molecule has 0 saturated heterocycles. The second kappa shape index (κ2) is 7.33. The normalized spacial score (nSPS) is 10.9. The van der Waals surface area contributed by atoms with Crippen molar-refractivity contribution in [2.24, 2.45) is 0 Å². The molecule has 2 aromatic rings. The molecule has 0 aliphatic heterocycles. The summed E-state index contributed by atoms with van der Waals surface area (Å²) in [6.07, 6.45) is 2.00. The van der Waals surface area contributed by atoms with Crippen LogP contribution in [0.3, 0.4) is 0 Å². The first-order valence-corrected chi connectivity index (χ1v) is 7.97. The molecule has 1 heterocycles. The van der Waals surface area contributed by atoms with Gasteiger partial charge < -0.3 is 9.73 Å². The van der Waals surface area contributed by atoms with E-state index in [0.717, 1.165) is 22.1 Å². The minimum Gasteiger partial charge on any atom is -0.465 e. The van der Waals surface area contributed by atoms with Crippen LogP contribution in [0.2, 0.25) is 0 Å². The molecule has 112 valence electrons. The third-order valence-electron chi connectivity index (χ3n) is 3.02. The van der Waals surface area contributed by atoms with Crippen molar-refractivity contribution >= 4 is 23.4 Å². The fourth-order valence-corrected chi connectivity index (χ4v) is 2.63. The Morgan fingerprint density at radius 3 is 2.71 bits per heavy atom. The Kier molecular flexibility index (Phi) is 5.47. The van der Waals surface area contributed by atoms with Gasteiger partial charge in [-0.1, -0.05) is 12.1 Å². The Hall–Kier alpha value is -1.72. The lowest BCUT2D eigenvalue weighted by Crippen LogP contribution is -2.29. The van der Waals surface area contributed by atoms with Gasteiger partial charge in [0.15, 0.2) is 0 Å². The Labute approximate surface area is 129 Å². The van der Waals surface area contributed by atoms with Crippen LogP contribution in [-0.4, -0.2) is 30.7 Å². The van der Waals surface area contributed by atoms with Crippen molar-refractivity contribution in [2.45, 2.75) is 18.4 Å². The summed E-state index contributed by atoms with van der Waals surface area (Å²) in [5, 5.41) is 2.95. The van der Waals surface area contributed by atoms with Gasteiger partial charge in [0.2, 0.25) is 5.91 Å². The van der Waals surface area contributed by atoms with Gasteiger partial charge in [0.05, 0.1) is 18.8 Å². The summed E-state index contributed by atoms with van der Waals surface area (Å²) in [4.78, 5) is 15.1. The largest absolute Gasteiger partial charge is 0.465 e. The standard InChI is InChI=1S/C16H20N2O2S/c1-12-8-9-13(20-12)10-18(2)11-16(19)17-14-6-4-5-7-15(14)21-3/h4-9H,10-11H2,1-3H3,(H,17,19). The van der Waals surface area contributed by atoms with Crippen LogP contribution in [0.25, 0.3) is 0 Å². The number of carbonyl (C=O) groups excluding carboxylic acids is 1. The van der Waals surface area contributed by atoms with Gasteiger partial charge in [-0.15, -0.1) is 11.8 Å². The molecular weight excluding hydrogens is 284 g/mol. The van der Waals surface area contributed by atoms with E-state index in [1.54, 1.807) is 11.8 Å². The molecule has 0 fully saturated rings. The monoisotopic (exact) mass is 304 g/mol. The quantitative estimate of drug-likeness (QED) is 0.831. The van der Waals surface area contributed by atoms with E-state index in [2.05, 4.69) is 5.32 Å². The van der Waals surface area contributed by atoms with Crippen LogP contribution in [0.5, 0.6) is 0 Å². The van der Waals surface area contributed by atoms with E-state index in [9.17, 15) is 4.79 Å². The fraction of sp³-hybridized carbons (Fsp3) is 0.312. The summed E-state index contributed by atoms with van der Waals surface area (Å²) in [6.45, 7) is 2.85. The minimum atomic E-state index is -0.0257. The smallest absolute Gasteiger partial charge is 0.238 e. The molecule has 4 nitrogen and oxygen atoms in total. The zero-order valence-corrected chi connectivity index (χ0v) is 13.4. The van der Waals surface area contributed by atoms with E-state index in [1.807, 2.05) is 61.5 Å². The lowest BCUT2D eigenvalue weighted by Gasteiger charge is -2.15. The number of para-hydroxylation sites is 1. The molecule has 0 aliphatic rings. The van der Waals surface area contributed by atoms with E-state index in [0.29, 0.717) is 13.1 Å². The Morgan fingerprint density at radius 2 is 2.05 bits per heavy atom. The SMILES string of the molecule is CSc1ccccc1NC(=O)CN(C)Cc1ccc(C)o1. The molecule has 0 aliphatic carbocycles. The van der Waals surface area contributed by atoms with Gasteiger partial charge in [0.25, 0.3) is 0 Å². The summed E-state index contributed by atoms with van der Waals surface area (Å²) < 4.78 is 5.51. The highest BCUT2D eigenvalue weighted by molar-refractivity contribution is 7.98. The molecule has 0 unspecified atom stereocenters. The summed E-state index contributed by atoms with van der Waals surface area (Å²) >= 11 is 1.62. The highest BCUT2D eigenvalue weighted by Gasteiger charge is 2.10. The van der Waals surface area contributed by atoms with Gasteiger partial charge in [-0.25, -0.2) is 0 Å². The Bertz CT molecular complexity index is 610. The number of furan rings is 1. The third-order valence-corrected chi connectivity index (χ3v) is 3.81. The first-order valence-electron chi connectivity index (χ1n) is 6.75. The van der Waals surface area contributed by atoms with Crippen molar-refractivity contribution in [3.63, 3.8) is 0 Å². The Morgan fingerprint density at radius 1 is 1.29 bits per heavy atom. The van der Waals surface area contributed by atoms with Crippen LogP contribution in [0, 0.1) is 6.92 Å². The Balaban J connectivity index is 1.89. The van der Waals surface area contributed by atoms with Crippen LogP contribution in [0.4, 0.5) is 5.69 Å². The van der Waals surface area contributed by atoms with E-state index < -0.39 is 0 Å². The van der Waals surface area contributed by atoms with Gasteiger partial charge >= 0.3 is 0 Å². The number of rotatable bonds is 6. The molecule has 5 heteroatoms. The van der Waals surface area contributed by atoms with E-state index >= 15 is 0 Å². The van der Waals surface area contributed by atoms with Gasteiger partial charge in [-0.05, 0) is 44.5 Å². The molecule has 21 heavy (non-hydrogen) atoms. The third kappa shape index (κ3) is 4.65. The molecule has 0 spiro atoms. The average Bonchev–Trinajstić information content (AvgIpc) is 2.84. The van der Waals surface area contributed by atoms with Crippen LogP contribution in [0.1, 0.15) is 11.5 Å². The van der Waals surface area contributed by atoms with E-state index in [1.165, 1.54) is 0 Å². The number of aryl methyl sites for hydroxylation is 1. The van der Waals surface area contributed by atoms with Gasteiger partial charge in [-0.3, -0.25) is 9.69 Å². The molecule has 1 amide bonds. The highest BCUT2D eigenvalue weighted by Crippen LogP contribution is 2.24. The first-order chi connectivity index (χ1) is 10.1. The molecule has 2 rings (SSSR count). The number of carbonyl (C=O) groups is 1.